The van der Waals surface area contributed by atoms with Crippen LogP contribution in [0.3, 0.4) is 0 Å². The molecule has 3 nitrogen and oxygen atoms in total. The molecule has 0 saturated carbocycles. The van der Waals surface area contributed by atoms with E-state index in [2.05, 4.69) is 4.98 Å². The molecule has 0 aromatic carbocycles. The highest BCUT2D eigenvalue weighted by Gasteiger charge is 2.00. The number of nitrogens with zero attached hydrogens (tertiary/aromatic N) is 2. The quantitative estimate of drug-likeness (QED) is 0.695. The number of fused-ring (bicyclic) bond motifs is 1. The number of hydrogen-bond acceptors (Lipinski definition) is 2. The molecule has 3 heteroatoms. The fourth-order valence-electron chi connectivity index (χ4n) is 1.42. The highest BCUT2D eigenvalue weighted by molar-refractivity contribution is 5.54. The van der Waals surface area contributed by atoms with Crippen molar-refractivity contribution in [1.29, 1.82) is 0 Å². The average Bonchev–Trinajstić information content (AvgIpc) is 2.49. The maximum Gasteiger partial charge on any atom is 0.140 e. The van der Waals surface area contributed by atoms with Crippen molar-refractivity contribution in [3.8, 4) is 0 Å². The topological polar surface area (TPSA) is 43.3 Å². The first-order chi connectivity index (χ1) is 6.66. The van der Waals surface area contributed by atoms with Gasteiger partial charge in [-0.05, 0) is 25.5 Å². The van der Waals surface area contributed by atoms with Crippen LogP contribution in [-0.2, 0) is 0 Å². The third kappa shape index (κ3) is 1.87. The Bertz CT molecular complexity index is 429. The summed E-state index contributed by atoms with van der Waals surface area (Å²) in [5, 5.41) is 0. The zero-order valence-electron chi connectivity index (χ0n) is 9.20. The van der Waals surface area contributed by atoms with Crippen LogP contribution in [0.1, 0.15) is 25.1 Å². The van der Waals surface area contributed by atoms with Crippen LogP contribution in [0.4, 0.5) is 5.69 Å². The van der Waals surface area contributed by atoms with Crippen molar-refractivity contribution in [1.82, 2.24) is 9.38 Å². The summed E-state index contributed by atoms with van der Waals surface area (Å²) in [4.78, 5) is 4.36. The van der Waals surface area contributed by atoms with Gasteiger partial charge in [-0.2, -0.15) is 0 Å². The second-order valence-electron chi connectivity index (χ2n) is 3.07. The second kappa shape index (κ2) is 4.13. The van der Waals surface area contributed by atoms with Gasteiger partial charge in [-0.1, -0.05) is 13.8 Å². The molecular formula is C11H17N3. The number of rotatable bonds is 0. The van der Waals surface area contributed by atoms with E-state index in [9.17, 15) is 0 Å². The summed E-state index contributed by atoms with van der Waals surface area (Å²) in [5.74, 6) is 0. The molecule has 2 aromatic heterocycles. The third-order valence-electron chi connectivity index (χ3n) is 1.88. The molecule has 0 aliphatic carbocycles. The first kappa shape index (κ1) is 10.6. The first-order valence-corrected chi connectivity index (χ1v) is 4.88. The lowest BCUT2D eigenvalue weighted by Crippen LogP contribution is -1.92. The van der Waals surface area contributed by atoms with E-state index < -0.39 is 0 Å². The van der Waals surface area contributed by atoms with Crippen LogP contribution in [0.25, 0.3) is 5.65 Å². The number of aromatic nitrogens is 2. The Morgan fingerprint density at radius 3 is 2.50 bits per heavy atom. The van der Waals surface area contributed by atoms with Gasteiger partial charge in [-0.3, -0.25) is 0 Å². The van der Waals surface area contributed by atoms with E-state index >= 15 is 0 Å². The van der Waals surface area contributed by atoms with Gasteiger partial charge in [0, 0.05) is 18.1 Å². The highest BCUT2D eigenvalue weighted by atomic mass is 15.0. The molecule has 0 atom stereocenters. The summed E-state index contributed by atoms with van der Waals surface area (Å²) in [7, 11) is 0. The molecule has 0 aliphatic heterocycles. The molecule has 0 unspecified atom stereocenters. The Kier molecular flexibility index (Phi) is 3.12. The summed E-state index contributed by atoms with van der Waals surface area (Å²) in [6, 6.07) is 1.93. The van der Waals surface area contributed by atoms with E-state index in [1.807, 2.05) is 50.6 Å². The van der Waals surface area contributed by atoms with Crippen molar-refractivity contribution in [3.05, 3.63) is 29.7 Å². The predicted octanol–water partition coefficient (Wildman–Crippen LogP) is 2.56. The third-order valence-corrected chi connectivity index (χ3v) is 1.88. The largest absolute Gasteiger partial charge is 0.398 e. The van der Waals surface area contributed by atoms with Gasteiger partial charge in [0.25, 0.3) is 0 Å². The molecule has 14 heavy (non-hydrogen) atoms. The van der Waals surface area contributed by atoms with E-state index in [-0.39, 0.29) is 0 Å². The minimum absolute atomic E-state index is 0.775. The van der Waals surface area contributed by atoms with E-state index in [0.29, 0.717) is 0 Å². The highest BCUT2D eigenvalue weighted by Crippen LogP contribution is 2.13. The summed E-state index contributed by atoms with van der Waals surface area (Å²) in [6.45, 7) is 7.99. The number of aryl methyl sites for hydroxylation is 2. The first-order valence-electron chi connectivity index (χ1n) is 4.88. The van der Waals surface area contributed by atoms with Crippen LogP contribution in [-0.4, -0.2) is 9.38 Å². The van der Waals surface area contributed by atoms with Crippen molar-refractivity contribution in [2.45, 2.75) is 27.7 Å². The molecule has 2 rings (SSSR count). The maximum absolute atomic E-state index is 5.69. The van der Waals surface area contributed by atoms with Crippen LogP contribution >= 0.6 is 0 Å². The molecule has 0 amide bonds. The van der Waals surface area contributed by atoms with E-state index in [4.69, 9.17) is 5.73 Å². The fraction of sp³-hybridized carbons (Fsp3) is 0.364. The van der Waals surface area contributed by atoms with Crippen LogP contribution in [0.15, 0.2) is 18.5 Å². The van der Waals surface area contributed by atoms with E-state index in [1.54, 1.807) is 0 Å². The Morgan fingerprint density at radius 2 is 1.86 bits per heavy atom. The van der Waals surface area contributed by atoms with Gasteiger partial charge in [0.2, 0.25) is 0 Å². The van der Waals surface area contributed by atoms with Gasteiger partial charge in [-0.15, -0.1) is 0 Å². The maximum atomic E-state index is 5.69. The van der Waals surface area contributed by atoms with E-state index in [1.165, 1.54) is 0 Å². The van der Waals surface area contributed by atoms with Crippen molar-refractivity contribution >= 4 is 11.3 Å². The average molecular weight is 191 g/mol. The molecule has 2 heterocycles. The fourth-order valence-corrected chi connectivity index (χ4v) is 1.42. The Hall–Kier alpha value is -1.51. The molecule has 76 valence electrons. The number of nitrogens with two attached hydrogens (primary N) is 1. The molecule has 0 spiro atoms. The van der Waals surface area contributed by atoms with Gasteiger partial charge in [0.05, 0.1) is 5.69 Å². The summed E-state index contributed by atoms with van der Waals surface area (Å²) < 4.78 is 1.96. The lowest BCUT2D eigenvalue weighted by atomic mass is 10.3. The minimum atomic E-state index is 0.775. The zero-order chi connectivity index (χ0) is 10.7. The smallest absolute Gasteiger partial charge is 0.140 e. The number of hydrogen-bond donors (Lipinski definition) is 1. The standard InChI is InChI=1S/C9H11N3.C2H6/c1-6-3-8(10)5-12-4-7(2)11-9(6)12;1-2/h3-5H,10H2,1-2H3;1-2H3. The van der Waals surface area contributed by atoms with Crippen LogP contribution in [0.5, 0.6) is 0 Å². The van der Waals surface area contributed by atoms with Crippen molar-refractivity contribution in [3.63, 3.8) is 0 Å². The van der Waals surface area contributed by atoms with Crippen LogP contribution < -0.4 is 5.73 Å². The van der Waals surface area contributed by atoms with Crippen molar-refractivity contribution < 1.29 is 0 Å². The molecule has 0 fully saturated rings. The van der Waals surface area contributed by atoms with Crippen LogP contribution in [0, 0.1) is 13.8 Å². The number of nitrogen functional groups attached to an aromatic ring is 1. The minimum Gasteiger partial charge on any atom is -0.398 e. The monoisotopic (exact) mass is 191 g/mol. The van der Waals surface area contributed by atoms with Gasteiger partial charge in [0.15, 0.2) is 0 Å². The number of anilines is 1. The lowest BCUT2D eigenvalue weighted by Gasteiger charge is -1.98. The van der Waals surface area contributed by atoms with E-state index in [0.717, 1.165) is 22.6 Å². The Labute approximate surface area is 84.6 Å². The van der Waals surface area contributed by atoms with Gasteiger partial charge in [-0.25, -0.2) is 4.98 Å². The van der Waals surface area contributed by atoms with Gasteiger partial charge in [0.1, 0.15) is 5.65 Å². The molecule has 0 bridgehead atoms. The molecule has 0 saturated heterocycles. The summed E-state index contributed by atoms with van der Waals surface area (Å²) in [6.07, 6.45) is 3.85. The zero-order valence-corrected chi connectivity index (χ0v) is 9.20. The predicted molar refractivity (Wildman–Crippen MR) is 60.4 cm³/mol. The van der Waals surface area contributed by atoms with Crippen molar-refractivity contribution in [2.24, 2.45) is 0 Å². The van der Waals surface area contributed by atoms with Crippen molar-refractivity contribution in [2.75, 3.05) is 5.73 Å². The Morgan fingerprint density at radius 1 is 1.21 bits per heavy atom. The second-order valence-corrected chi connectivity index (χ2v) is 3.07. The van der Waals surface area contributed by atoms with Gasteiger partial charge < -0.3 is 10.1 Å². The molecule has 2 N–H and O–H groups in total. The SMILES string of the molecule is CC.Cc1cn2cc(N)cc(C)c2n1. The molecule has 0 aliphatic rings. The summed E-state index contributed by atoms with van der Waals surface area (Å²) in [5.41, 5.74) is 9.58. The normalized spacial score (nSPS) is 9.71. The number of pyridine rings is 1. The molecule has 0 radical (unpaired) electrons. The lowest BCUT2D eigenvalue weighted by molar-refractivity contribution is 1.17. The number of imidazole rings is 1. The molecule has 2 aromatic rings. The molecular weight excluding hydrogens is 174 g/mol. The van der Waals surface area contributed by atoms with Crippen LogP contribution in [0.2, 0.25) is 0 Å². The summed E-state index contributed by atoms with van der Waals surface area (Å²) >= 11 is 0. The van der Waals surface area contributed by atoms with Gasteiger partial charge >= 0.3 is 0 Å². The Balaban J connectivity index is 0.000000461.